The molecule has 0 bridgehead atoms. The topological polar surface area (TPSA) is 79.4 Å². The zero-order valence-electron chi connectivity index (χ0n) is 17.6. The van der Waals surface area contributed by atoms with Gasteiger partial charge < -0.3 is 5.32 Å². The van der Waals surface area contributed by atoms with Crippen LogP contribution in [0.1, 0.15) is 28.8 Å². The number of hydrogen-bond acceptors (Lipinski definition) is 7. The van der Waals surface area contributed by atoms with Crippen molar-refractivity contribution in [3.05, 3.63) is 59.7 Å². The standard InChI is InChI=1S/C23H25N3O3S3/c27-22(24-19-14-32(28,29)15-20(19)26-11-3-4-12-26)17-9-7-16(8-10-17)13-30-23-25-18-5-1-2-6-21(18)31-23/h1-2,5-10,19-20H,3-4,11-15H2,(H,24,27). The first kappa shape index (κ1) is 21.9. The predicted molar refractivity (Wildman–Crippen MR) is 130 cm³/mol. The van der Waals surface area contributed by atoms with Gasteiger partial charge in [-0.15, -0.1) is 11.3 Å². The van der Waals surface area contributed by atoms with Gasteiger partial charge in [-0.2, -0.15) is 0 Å². The first-order valence-electron chi connectivity index (χ1n) is 10.8. The molecule has 3 aromatic rings. The second kappa shape index (κ2) is 9.13. The molecule has 1 N–H and O–H groups in total. The fourth-order valence-corrected chi connectivity index (χ4v) is 8.44. The Kier molecular flexibility index (Phi) is 6.24. The highest BCUT2D eigenvalue weighted by molar-refractivity contribution is 8.00. The number of fused-ring (bicyclic) bond motifs is 1. The summed E-state index contributed by atoms with van der Waals surface area (Å²) >= 11 is 3.38. The minimum Gasteiger partial charge on any atom is -0.347 e. The molecule has 32 heavy (non-hydrogen) atoms. The molecule has 1 aromatic heterocycles. The van der Waals surface area contributed by atoms with E-state index in [0.29, 0.717) is 5.56 Å². The Hall–Kier alpha value is -1.94. The summed E-state index contributed by atoms with van der Waals surface area (Å²) in [6.45, 7) is 1.82. The molecule has 168 valence electrons. The number of nitrogens with one attached hydrogen (secondary N) is 1. The minimum absolute atomic E-state index is 0.0246. The van der Waals surface area contributed by atoms with Gasteiger partial charge in [0.25, 0.3) is 5.91 Å². The third-order valence-electron chi connectivity index (χ3n) is 6.10. The number of likely N-dealkylation sites (tertiary alicyclic amines) is 1. The summed E-state index contributed by atoms with van der Waals surface area (Å²) in [5.74, 6) is 0.734. The van der Waals surface area contributed by atoms with Crippen LogP contribution in [0.4, 0.5) is 0 Å². The summed E-state index contributed by atoms with van der Waals surface area (Å²) in [6.07, 6.45) is 2.18. The van der Waals surface area contributed by atoms with E-state index in [1.54, 1.807) is 23.1 Å². The number of amides is 1. The Morgan fingerprint density at radius 1 is 1.09 bits per heavy atom. The molecule has 0 spiro atoms. The third-order valence-corrected chi connectivity index (χ3v) is 10.1. The van der Waals surface area contributed by atoms with Gasteiger partial charge in [-0.1, -0.05) is 36.0 Å². The number of nitrogens with zero attached hydrogens (tertiary/aromatic N) is 2. The first-order chi connectivity index (χ1) is 15.5. The van der Waals surface area contributed by atoms with E-state index in [1.165, 1.54) is 4.70 Å². The van der Waals surface area contributed by atoms with E-state index in [2.05, 4.69) is 21.3 Å². The molecule has 2 aliphatic rings. The molecule has 2 fully saturated rings. The van der Waals surface area contributed by atoms with Crippen molar-refractivity contribution in [2.75, 3.05) is 24.6 Å². The van der Waals surface area contributed by atoms with Gasteiger partial charge in [0.2, 0.25) is 0 Å². The number of thioether (sulfide) groups is 1. The fourth-order valence-electron chi connectivity index (χ4n) is 4.46. The van der Waals surface area contributed by atoms with E-state index in [0.717, 1.165) is 47.1 Å². The number of carbonyl (C=O) groups excluding carboxylic acids is 1. The highest BCUT2D eigenvalue weighted by Crippen LogP contribution is 2.31. The van der Waals surface area contributed by atoms with Crippen LogP contribution < -0.4 is 5.32 Å². The van der Waals surface area contributed by atoms with Crippen molar-refractivity contribution in [3.8, 4) is 0 Å². The molecule has 0 aliphatic carbocycles. The number of benzene rings is 2. The number of hydrogen-bond donors (Lipinski definition) is 1. The number of para-hydroxylation sites is 1. The van der Waals surface area contributed by atoms with E-state index in [-0.39, 0.29) is 29.5 Å². The lowest BCUT2D eigenvalue weighted by Gasteiger charge is -2.28. The molecule has 2 saturated heterocycles. The van der Waals surface area contributed by atoms with Crippen LogP contribution in [0.3, 0.4) is 0 Å². The lowest BCUT2D eigenvalue weighted by Crippen LogP contribution is -2.50. The van der Waals surface area contributed by atoms with Crippen LogP contribution in [0, 0.1) is 0 Å². The number of thiazole rings is 1. The van der Waals surface area contributed by atoms with E-state index >= 15 is 0 Å². The van der Waals surface area contributed by atoms with Crippen molar-refractivity contribution in [1.29, 1.82) is 0 Å². The molecule has 2 atom stereocenters. The van der Waals surface area contributed by atoms with Gasteiger partial charge in [-0.05, 0) is 55.8 Å². The van der Waals surface area contributed by atoms with Gasteiger partial charge in [0.1, 0.15) is 0 Å². The van der Waals surface area contributed by atoms with Crippen LogP contribution in [0.5, 0.6) is 0 Å². The Bertz CT molecular complexity index is 1190. The van der Waals surface area contributed by atoms with Gasteiger partial charge in [0.15, 0.2) is 14.2 Å². The number of rotatable bonds is 6. The van der Waals surface area contributed by atoms with Crippen molar-refractivity contribution in [3.63, 3.8) is 0 Å². The molecule has 5 rings (SSSR count). The van der Waals surface area contributed by atoms with Crippen molar-refractivity contribution in [1.82, 2.24) is 15.2 Å². The third kappa shape index (κ3) is 4.85. The lowest BCUT2D eigenvalue weighted by atomic mass is 10.1. The van der Waals surface area contributed by atoms with Gasteiger partial charge in [0, 0.05) is 17.4 Å². The quantitative estimate of drug-likeness (QED) is 0.536. The maximum atomic E-state index is 12.8. The highest BCUT2D eigenvalue weighted by Gasteiger charge is 2.42. The van der Waals surface area contributed by atoms with E-state index in [1.807, 2.05) is 42.5 Å². The average molecular weight is 488 g/mol. The SMILES string of the molecule is O=C(NC1CS(=O)(=O)CC1N1CCCC1)c1ccc(CSc2nc3ccccc3s2)cc1. The van der Waals surface area contributed by atoms with E-state index in [4.69, 9.17) is 0 Å². The smallest absolute Gasteiger partial charge is 0.251 e. The normalized spacial score (nSPS) is 23.0. The van der Waals surface area contributed by atoms with Crippen LogP contribution in [-0.4, -0.2) is 60.9 Å². The number of carbonyl (C=O) groups is 1. The fraction of sp³-hybridized carbons (Fsp3) is 0.391. The molecular formula is C23H25N3O3S3. The van der Waals surface area contributed by atoms with Crippen LogP contribution in [0.2, 0.25) is 0 Å². The molecule has 2 unspecified atom stereocenters. The van der Waals surface area contributed by atoms with Gasteiger partial charge in [0.05, 0.1) is 27.8 Å². The summed E-state index contributed by atoms with van der Waals surface area (Å²) < 4.78 is 26.7. The zero-order chi connectivity index (χ0) is 22.1. The zero-order valence-corrected chi connectivity index (χ0v) is 20.0. The average Bonchev–Trinajstić information content (AvgIpc) is 3.50. The molecule has 3 heterocycles. The number of sulfone groups is 1. The molecular weight excluding hydrogens is 462 g/mol. The molecule has 9 heteroatoms. The Labute approximate surface area is 196 Å². The molecule has 0 saturated carbocycles. The van der Waals surface area contributed by atoms with Crippen LogP contribution in [0.15, 0.2) is 52.9 Å². The largest absolute Gasteiger partial charge is 0.347 e. The van der Waals surface area contributed by atoms with Gasteiger partial charge in [-0.3, -0.25) is 9.69 Å². The summed E-state index contributed by atoms with van der Waals surface area (Å²) in [5, 5.41) is 3.00. The van der Waals surface area contributed by atoms with Crippen molar-refractivity contribution >= 4 is 49.1 Å². The van der Waals surface area contributed by atoms with E-state index in [9.17, 15) is 13.2 Å². The van der Waals surface area contributed by atoms with Crippen LogP contribution in [-0.2, 0) is 15.6 Å². The van der Waals surface area contributed by atoms with Crippen molar-refractivity contribution in [2.24, 2.45) is 0 Å². The molecule has 2 aromatic carbocycles. The molecule has 1 amide bonds. The number of aromatic nitrogens is 1. The van der Waals surface area contributed by atoms with Crippen LogP contribution >= 0.6 is 23.1 Å². The molecule has 2 aliphatic heterocycles. The molecule has 6 nitrogen and oxygen atoms in total. The second-order valence-corrected chi connectivity index (χ2v) is 12.8. The van der Waals surface area contributed by atoms with Gasteiger partial charge >= 0.3 is 0 Å². The molecule has 0 radical (unpaired) electrons. The Morgan fingerprint density at radius 2 is 1.84 bits per heavy atom. The van der Waals surface area contributed by atoms with Crippen molar-refractivity contribution < 1.29 is 13.2 Å². The monoisotopic (exact) mass is 487 g/mol. The minimum atomic E-state index is -3.12. The van der Waals surface area contributed by atoms with Crippen LogP contribution in [0.25, 0.3) is 10.2 Å². The second-order valence-electron chi connectivity index (χ2n) is 8.40. The maximum Gasteiger partial charge on any atom is 0.251 e. The maximum absolute atomic E-state index is 12.8. The predicted octanol–water partition coefficient (Wildman–Crippen LogP) is 3.58. The van der Waals surface area contributed by atoms with Crippen molar-refractivity contribution in [2.45, 2.75) is 35.0 Å². The first-order valence-corrected chi connectivity index (χ1v) is 14.4. The Balaban J connectivity index is 1.21. The summed E-state index contributed by atoms with van der Waals surface area (Å²) in [6, 6.07) is 15.2. The Morgan fingerprint density at radius 3 is 2.59 bits per heavy atom. The summed E-state index contributed by atoms with van der Waals surface area (Å²) in [5.41, 5.74) is 2.69. The summed E-state index contributed by atoms with van der Waals surface area (Å²) in [7, 11) is -3.12. The summed E-state index contributed by atoms with van der Waals surface area (Å²) in [4.78, 5) is 19.7. The lowest BCUT2D eigenvalue weighted by molar-refractivity contribution is 0.0918. The van der Waals surface area contributed by atoms with E-state index < -0.39 is 9.84 Å². The highest BCUT2D eigenvalue weighted by atomic mass is 32.2. The van der Waals surface area contributed by atoms with Gasteiger partial charge in [-0.25, -0.2) is 13.4 Å².